The van der Waals surface area contributed by atoms with Crippen molar-refractivity contribution in [2.75, 3.05) is 32.6 Å². The monoisotopic (exact) mass is 463 g/mol. The van der Waals surface area contributed by atoms with E-state index in [1.165, 1.54) is 0 Å². The van der Waals surface area contributed by atoms with Crippen LogP contribution in [0.4, 0.5) is 5.95 Å². The minimum Gasteiger partial charge on any atom is -0.497 e. The molecule has 1 atom stereocenters. The zero-order chi connectivity index (χ0) is 24.2. The second-order valence-corrected chi connectivity index (χ2v) is 8.53. The fourth-order valence-electron chi connectivity index (χ4n) is 4.30. The highest BCUT2D eigenvalue weighted by atomic mass is 16.5. The van der Waals surface area contributed by atoms with Crippen molar-refractivity contribution in [2.24, 2.45) is 5.92 Å². The van der Waals surface area contributed by atoms with Crippen LogP contribution in [-0.2, 0) is 4.79 Å². The van der Waals surface area contributed by atoms with E-state index < -0.39 is 0 Å². The highest BCUT2D eigenvalue weighted by Gasteiger charge is 2.29. The van der Waals surface area contributed by atoms with Crippen LogP contribution in [-0.4, -0.2) is 59.2 Å². The summed E-state index contributed by atoms with van der Waals surface area (Å²) in [6.45, 7) is 4.95. The number of methoxy groups -OCH3 is 2. The van der Waals surface area contributed by atoms with Gasteiger partial charge in [0.15, 0.2) is 5.82 Å². The van der Waals surface area contributed by atoms with Gasteiger partial charge in [-0.05, 0) is 51.0 Å². The second kappa shape index (κ2) is 9.94. The standard InChI is InChI=1S/C25H29N5O4/c1-15-10-16(2)12-18(11-15)24(32)30-9-5-6-17(14-30)23(31)27-25-26-22(28-29-25)20-8-7-19(33-3)13-21(20)34-4/h7-8,10-13,17H,5-6,9,14H2,1-4H3,(H2,26,27,28,29,31). The van der Waals surface area contributed by atoms with Gasteiger partial charge in [-0.2, -0.15) is 4.98 Å². The van der Waals surface area contributed by atoms with Gasteiger partial charge >= 0.3 is 0 Å². The van der Waals surface area contributed by atoms with Crippen LogP contribution in [0.15, 0.2) is 36.4 Å². The Morgan fingerprint density at radius 2 is 1.85 bits per heavy atom. The molecular weight excluding hydrogens is 434 g/mol. The van der Waals surface area contributed by atoms with E-state index in [1.54, 1.807) is 37.3 Å². The molecule has 2 N–H and O–H groups in total. The molecule has 4 rings (SSSR count). The Morgan fingerprint density at radius 1 is 1.09 bits per heavy atom. The van der Waals surface area contributed by atoms with Crippen molar-refractivity contribution in [1.29, 1.82) is 0 Å². The Bertz CT molecular complexity index is 1190. The van der Waals surface area contributed by atoms with Crippen molar-refractivity contribution in [1.82, 2.24) is 20.1 Å². The minimum atomic E-state index is -0.332. The zero-order valence-corrected chi connectivity index (χ0v) is 19.8. The van der Waals surface area contributed by atoms with Gasteiger partial charge in [0, 0.05) is 24.7 Å². The van der Waals surface area contributed by atoms with Crippen molar-refractivity contribution in [3.63, 3.8) is 0 Å². The number of piperidine rings is 1. The maximum Gasteiger partial charge on any atom is 0.253 e. The number of carbonyl (C=O) groups is 2. The predicted molar refractivity (Wildman–Crippen MR) is 128 cm³/mol. The molecule has 178 valence electrons. The summed E-state index contributed by atoms with van der Waals surface area (Å²) in [5.41, 5.74) is 3.44. The molecular formula is C25H29N5O4. The fourth-order valence-corrected chi connectivity index (χ4v) is 4.30. The molecule has 9 nitrogen and oxygen atoms in total. The van der Waals surface area contributed by atoms with Crippen LogP contribution in [0.2, 0.25) is 0 Å². The molecule has 0 spiro atoms. The van der Waals surface area contributed by atoms with Gasteiger partial charge in [0.25, 0.3) is 5.91 Å². The number of nitrogens with one attached hydrogen (secondary N) is 2. The van der Waals surface area contributed by atoms with Gasteiger partial charge in [-0.1, -0.05) is 17.2 Å². The van der Waals surface area contributed by atoms with E-state index in [0.29, 0.717) is 48.0 Å². The number of amides is 2. The predicted octanol–water partition coefficient (Wildman–Crippen LogP) is 3.60. The van der Waals surface area contributed by atoms with E-state index in [9.17, 15) is 9.59 Å². The normalized spacial score (nSPS) is 15.6. The number of aryl methyl sites for hydroxylation is 2. The van der Waals surface area contributed by atoms with Crippen LogP contribution in [0.1, 0.15) is 34.3 Å². The number of aromatic amines is 1. The molecule has 0 radical (unpaired) electrons. The number of carbonyl (C=O) groups excluding carboxylic acids is 2. The summed E-state index contributed by atoms with van der Waals surface area (Å²) in [5.74, 6) is 1.29. The second-order valence-electron chi connectivity index (χ2n) is 8.53. The maximum atomic E-state index is 13.0. The molecule has 0 bridgehead atoms. The molecule has 0 aliphatic carbocycles. The Hall–Kier alpha value is -3.88. The molecule has 2 aromatic carbocycles. The molecule has 1 aliphatic heterocycles. The summed E-state index contributed by atoms with van der Waals surface area (Å²) in [7, 11) is 3.14. The number of ether oxygens (including phenoxy) is 2. The van der Waals surface area contributed by atoms with Crippen molar-refractivity contribution < 1.29 is 19.1 Å². The quantitative estimate of drug-likeness (QED) is 0.578. The lowest BCUT2D eigenvalue weighted by atomic mass is 9.96. The van der Waals surface area contributed by atoms with Gasteiger partial charge in [0.1, 0.15) is 11.5 Å². The summed E-state index contributed by atoms with van der Waals surface area (Å²) in [6.07, 6.45) is 1.46. The topological polar surface area (TPSA) is 109 Å². The number of benzene rings is 2. The molecule has 9 heteroatoms. The zero-order valence-electron chi connectivity index (χ0n) is 19.8. The first-order valence-electron chi connectivity index (χ1n) is 11.2. The molecule has 2 heterocycles. The van der Waals surface area contributed by atoms with Crippen LogP contribution in [0.25, 0.3) is 11.4 Å². The third kappa shape index (κ3) is 5.03. The van der Waals surface area contributed by atoms with Crippen LogP contribution in [0.3, 0.4) is 0 Å². The van der Waals surface area contributed by atoms with Gasteiger partial charge < -0.3 is 14.4 Å². The number of H-pyrrole nitrogens is 1. The molecule has 1 aromatic heterocycles. The van der Waals surface area contributed by atoms with Crippen molar-refractivity contribution in [2.45, 2.75) is 26.7 Å². The Morgan fingerprint density at radius 3 is 2.56 bits per heavy atom. The lowest BCUT2D eigenvalue weighted by molar-refractivity contribution is -0.121. The molecule has 2 amide bonds. The number of likely N-dealkylation sites (tertiary alicyclic amines) is 1. The molecule has 0 saturated carbocycles. The van der Waals surface area contributed by atoms with Gasteiger partial charge in [0.2, 0.25) is 11.9 Å². The molecule has 34 heavy (non-hydrogen) atoms. The van der Waals surface area contributed by atoms with Crippen LogP contribution < -0.4 is 14.8 Å². The van der Waals surface area contributed by atoms with E-state index >= 15 is 0 Å². The third-order valence-electron chi connectivity index (χ3n) is 5.93. The summed E-state index contributed by atoms with van der Waals surface area (Å²) >= 11 is 0. The van der Waals surface area contributed by atoms with Gasteiger partial charge in [0.05, 0.1) is 25.7 Å². The van der Waals surface area contributed by atoms with Crippen molar-refractivity contribution >= 4 is 17.8 Å². The fraction of sp³-hybridized carbons (Fsp3) is 0.360. The third-order valence-corrected chi connectivity index (χ3v) is 5.93. The number of anilines is 1. The van der Waals surface area contributed by atoms with Crippen molar-refractivity contribution in [3.8, 4) is 22.9 Å². The first kappa shape index (κ1) is 23.3. The van der Waals surface area contributed by atoms with Crippen LogP contribution in [0, 0.1) is 19.8 Å². The van der Waals surface area contributed by atoms with E-state index in [0.717, 1.165) is 17.5 Å². The average molecular weight is 464 g/mol. The Kier molecular flexibility index (Phi) is 6.81. The van der Waals surface area contributed by atoms with Gasteiger partial charge in [-0.15, -0.1) is 5.10 Å². The van der Waals surface area contributed by atoms with Crippen LogP contribution >= 0.6 is 0 Å². The lowest BCUT2D eigenvalue weighted by Gasteiger charge is -2.32. The maximum absolute atomic E-state index is 13.0. The van der Waals surface area contributed by atoms with E-state index in [1.807, 2.05) is 32.0 Å². The summed E-state index contributed by atoms with van der Waals surface area (Å²) in [5, 5.41) is 9.75. The van der Waals surface area contributed by atoms with E-state index in [4.69, 9.17) is 9.47 Å². The number of hydrogen-bond acceptors (Lipinski definition) is 6. The number of rotatable bonds is 6. The van der Waals surface area contributed by atoms with Crippen molar-refractivity contribution in [3.05, 3.63) is 53.1 Å². The highest BCUT2D eigenvalue weighted by molar-refractivity contribution is 5.96. The Balaban J connectivity index is 1.43. The molecule has 3 aromatic rings. The molecule has 1 aliphatic rings. The number of aromatic nitrogens is 3. The highest BCUT2D eigenvalue weighted by Crippen LogP contribution is 2.31. The SMILES string of the molecule is COc1ccc(-c2nc(NC(=O)C3CCCN(C(=O)c4cc(C)cc(C)c4)C3)n[nH]2)c(OC)c1. The lowest BCUT2D eigenvalue weighted by Crippen LogP contribution is -2.43. The Labute approximate surface area is 198 Å². The summed E-state index contributed by atoms with van der Waals surface area (Å²) in [6, 6.07) is 11.2. The first-order valence-corrected chi connectivity index (χ1v) is 11.2. The van der Waals surface area contributed by atoms with E-state index in [2.05, 4.69) is 20.5 Å². The minimum absolute atomic E-state index is 0.0453. The molecule has 1 unspecified atom stereocenters. The number of nitrogens with zero attached hydrogens (tertiary/aromatic N) is 3. The van der Waals surface area contributed by atoms with Crippen LogP contribution in [0.5, 0.6) is 11.5 Å². The first-order chi connectivity index (χ1) is 16.4. The summed E-state index contributed by atoms with van der Waals surface area (Å²) in [4.78, 5) is 32.1. The molecule has 1 fully saturated rings. The van der Waals surface area contributed by atoms with Gasteiger partial charge in [-0.25, -0.2) is 0 Å². The largest absolute Gasteiger partial charge is 0.497 e. The average Bonchev–Trinajstić information content (AvgIpc) is 3.30. The van der Waals surface area contributed by atoms with E-state index in [-0.39, 0.29) is 23.7 Å². The smallest absolute Gasteiger partial charge is 0.253 e. The van der Waals surface area contributed by atoms with Gasteiger partial charge in [-0.3, -0.25) is 20.0 Å². The molecule has 1 saturated heterocycles. The number of hydrogen-bond donors (Lipinski definition) is 2. The summed E-state index contributed by atoms with van der Waals surface area (Å²) < 4.78 is 10.6.